The third-order valence-corrected chi connectivity index (χ3v) is 4.72. The molecule has 1 aliphatic rings. The van der Waals surface area contributed by atoms with Gasteiger partial charge in [0.2, 0.25) is 0 Å². The van der Waals surface area contributed by atoms with Crippen LogP contribution in [0.2, 0.25) is 0 Å². The van der Waals surface area contributed by atoms with Gasteiger partial charge in [-0.25, -0.2) is 0 Å². The third kappa shape index (κ3) is 3.09. The van der Waals surface area contributed by atoms with Crippen LogP contribution >= 0.6 is 0 Å². The number of piperidine rings is 1. The number of rotatable bonds is 3. The number of hydrogen-bond acceptors (Lipinski definition) is 3. The predicted octanol–water partition coefficient (Wildman–Crippen LogP) is 3.27. The number of nitrogens with zero attached hydrogens (tertiary/aromatic N) is 2. The predicted molar refractivity (Wildman–Crippen MR) is 95.8 cm³/mol. The van der Waals surface area contributed by atoms with Gasteiger partial charge in [-0.3, -0.25) is 9.59 Å². The molecule has 1 fully saturated rings. The number of aromatic nitrogens is 1. The van der Waals surface area contributed by atoms with Crippen molar-refractivity contribution < 1.29 is 9.32 Å². The Hall–Kier alpha value is -2.82. The summed E-state index contributed by atoms with van der Waals surface area (Å²) in [6, 6.07) is 14.7. The topological polar surface area (TPSA) is 55.5 Å². The van der Waals surface area contributed by atoms with Crippen molar-refractivity contribution in [1.29, 1.82) is 0 Å². The van der Waals surface area contributed by atoms with Crippen molar-refractivity contribution in [1.82, 2.24) is 9.64 Å². The minimum absolute atomic E-state index is 0.0900. The SMILES string of the molecule is O=C(c1ccc(Cn2oc3ccccc3c2=O)cc1)N1CCCCC1. The molecule has 4 rings (SSSR count). The second-order valence-corrected chi connectivity index (χ2v) is 6.48. The molecular formula is C20H20N2O3. The van der Waals surface area contributed by atoms with E-state index in [1.165, 1.54) is 11.2 Å². The highest BCUT2D eigenvalue weighted by atomic mass is 16.5. The summed E-state index contributed by atoms with van der Waals surface area (Å²) in [6.45, 7) is 2.04. The second kappa shape index (κ2) is 6.59. The summed E-state index contributed by atoms with van der Waals surface area (Å²) in [4.78, 5) is 26.7. The summed E-state index contributed by atoms with van der Waals surface area (Å²) in [5.74, 6) is 0.0900. The first-order chi connectivity index (χ1) is 12.2. The summed E-state index contributed by atoms with van der Waals surface area (Å²) >= 11 is 0. The van der Waals surface area contributed by atoms with Crippen molar-refractivity contribution in [2.24, 2.45) is 0 Å². The molecule has 0 N–H and O–H groups in total. The number of hydrogen-bond donors (Lipinski definition) is 0. The average Bonchev–Trinajstić information content (AvgIpc) is 2.98. The van der Waals surface area contributed by atoms with Gasteiger partial charge in [0.05, 0.1) is 11.9 Å². The van der Waals surface area contributed by atoms with Gasteiger partial charge in [0.25, 0.3) is 11.5 Å². The first-order valence-corrected chi connectivity index (χ1v) is 8.69. The summed E-state index contributed by atoms with van der Waals surface area (Å²) in [7, 11) is 0. The van der Waals surface area contributed by atoms with Gasteiger partial charge in [0.1, 0.15) is 0 Å². The number of amides is 1. The molecule has 1 aliphatic heterocycles. The van der Waals surface area contributed by atoms with E-state index in [1.54, 1.807) is 12.1 Å². The molecule has 0 radical (unpaired) electrons. The third-order valence-electron chi connectivity index (χ3n) is 4.72. The number of carbonyl (C=O) groups is 1. The Balaban J connectivity index is 1.52. The fourth-order valence-corrected chi connectivity index (χ4v) is 3.32. The van der Waals surface area contributed by atoms with E-state index in [-0.39, 0.29) is 11.5 Å². The lowest BCUT2D eigenvalue weighted by Gasteiger charge is -2.26. The van der Waals surface area contributed by atoms with E-state index in [2.05, 4.69) is 0 Å². The van der Waals surface area contributed by atoms with Gasteiger partial charge in [-0.05, 0) is 49.1 Å². The van der Waals surface area contributed by atoms with Gasteiger partial charge in [-0.15, -0.1) is 0 Å². The van der Waals surface area contributed by atoms with Crippen molar-refractivity contribution in [3.63, 3.8) is 0 Å². The van der Waals surface area contributed by atoms with Crippen molar-refractivity contribution in [2.75, 3.05) is 13.1 Å². The molecule has 1 aromatic heterocycles. The van der Waals surface area contributed by atoms with Crippen LogP contribution in [0.25, 0.3) is 11.0 Å². The Morgan fingerprint density at radius 1 is 0.960 bits per heavy atom. The number of likely N-dealkylation sites (tertiary alicyclic amines) is 1. The van der Waals surface area contributed by atoms with E-state index in [4.69, 9.17) is 4.52 Å². The highest BCUT2D eigenvalue weighted by molar-refractivity contribution is 5.94. The Morgan fingerprint density at radius 3 is 2.40 bits per heavy atom. The fraction of sp³-hybridized carbons (Fsp3) is 0.300. The van der Waals surface area contributed by atoms with Crippen molar-refractivity contribution in [3.8, 4) is 0 Å². The Morgan fingerprint density at radius 2 is 1.68 bits per heavy atom. The van der Waals surface area contributed by atoms with E-state index in [1.807, 2.05) is 41.3 Å². The van der Waals surface area contributed by atoms with E-state index in [0.29, 0.717) is 23.1 Å². The summed E-state index contributed by atoms with van der Waals surface area (Å²) < 4.78 is 6.96. The summed E-state index contributed by atoms with van der Waals surface area (Å²) in [6.07, 6.45) is 3.37. The molecule has 0 unspecified atom stereocenters. The van der Waals surface area contributed by atoms with Crippen LogP contribution in [-0.2, 0) is 6.54 Å². The second-order valence-electron chi connectivity index (χ2n) is 6.48. The molecule has 0 atom stereocenters. The van der Waals surface area contributed by atoms with Crippen LogP contribution < -0.4 is 5.56 Å². The van der Waals surface area contributed by atoms with Gasteiger partial charge in [-0.2, -0.15) is 4.74 Å². The molecule has 0 aliphatic carbocycles. The maximum Gasteiger partial charge on any atom is 0.290 e. The monoisotopic (exact) mass is 336 g/mol. The van der Waals surface area contributed by atoms with Gasteiger partial charge < -0.3 is 9.42 Å². The van der Waals surface area contributed by atoms with E-state index < -0.39 is 0 Å². The van der Waals surface area contributed by atoms with Crippen molar-refractivity contribution in [3.05, 3.63) is 70.0 Å². The summed E-state index contributed by atoms with van der Waals surface area (Å²) in [5.41, 5.74) is 2.08. The first-order valence-electron chi connectivity index (χ1n) is 8.69. The molecule has 3 aromatic rings. The maximum absolute atomic E-state index is 12.5. The van der Waals surface area contributed by atoms with Gasteiger partial charge >= 0.3 is 0 Å². The molecule has 0 saturated carbocycles. The quantitative estimate of drug-likeness (QED) is 0.737. The van der Waals surface area contributed by atoms with Crippen LogP contribution in [0, 0.1) is 0 Å². The molecule has 5 heteroatoms. The van der Waals surface area contributed by atoms with Crippen LogP contribution in [0.3, 0.4) is 0 Å². The maximum atomic E-state index is 12.5. The Kier molecular flexibility index (Phi) is 4.14. The highest BCUT2D eigenvalue weighted by Gasteiger charge is 2.18. The highest BCUT2D eigenvalue weighted by Crippen LogP contribution is 2.15. The number of fused-ring (bicyclic) bond motifs is 1. The molecule has 1 amide bonds. The van der Waals surface area contributed by atoms with Crippen LogP contribution in [-0.4, -0.2) is 28.6 Å². The number of benzene rings is 2. The molecule has 0 bridgehead atoms. The Bertz CT molecular complexity index is 947. The lowest BCUT2D eigenvalue weighted by Crippen LogP contribution is -2.35. The standard InChI is InChI=1S/C20H20N2O3/c23-19(21-12-4-1-5-13-21)16-10-8-15(9-11-16)14-22-20(24)17-6-2-3-7-18(17)25-22/h2-3,6-11H,1,4-5,12-14H2. The van der Waals surface area contributed by atoms with Gasteiger partial charge in [0.15, 0.2) is 5.58 Å². The Labute approximate surface area is 145 Å². The molecule has 2 aromatic carbocycles. The molecule has 25 heavy (non-hydrogen) atoms. The number of para-hydroxylation sites is 1. The average molecular weight is 336 g/mol. The lowest BCUT2D eigenvalue weighted by atomic mass is 10.1. The minimum atomic E-state index is -0.135. The largest absolute Gasteiger partial charge is 0.375 e. The van der Waals surface area contributed by atoms with Crippen molar-refractivity contribution in [2.45, 2.75) is 25.8 Å². The zero-order valence-corrected chi connectivity index (χ0v) is 14.0. The zero-order valence-electron chi connectivity index (χ0n) is 14.0. The molecular weight excluding hydrogens is 316 g/mol. The lowest BCUT2D eigenvalue weighted by molar-refractivity contribution is 0.0724. The van der Waals surface area contributed by atoms with Gasteiger partial charge in [-0.1, -0.05) is 24.3 Å². The zero-order chi connectivity index (χ0) is 17.2. The van der Waals surface area contributed by atoms with E-state index >= 15 is 0 Å². The molecule has 128 valence electrons. The van der Waals surface area contributed by atoms with Gasteiger partial charge in [0, 0.05) is 18.7 Å². The van der Waals surface area contributed by atoms with Crippen LogP contribution in [0.5, 0.6) is 0 Å². The molecule has 5 nitrogen and oxygen atoms in total. The van der Waals surface area contributed by atoms with Crippen LogP contribution in [0.15, 0.2) is 57.8 Å². The van der Waals surface area contributed by atoms with Crippen LogP contribution in [0.4, 0.5) is 0 Å². The van der Waals surface area contributed by atoms with E-state index in [9.17, 15) is 9.59 Å². The summed E-state index contributed by atoms with van der Waals surface area (Å²) in [5, 5.41) is 0.583. The first kappa shape index (κ1) is 15.7. The van der Waals surface area contributed by atoms with E-state index in [0.717, 1.165) is 31.5 Å². The smallest absolute Gasteiger partial charge is 0.290 e. The van der Waals surface area contributed by atoms with Crippen molar-refractivity contribution >= 4 is 16.9 Å². The number of carbonyl (C=O) groups excluding carboxylic acids is 1. The molecule has 1 saturated heterocycles. The molecule has 2 heterocycles. The van der Waals surface area contributed by atoms with Crippen LogP contribution in [0.1, 0.15) is 35.2 Å². The molecule has 0 spiro atoms. The fourth-order valence-electron chi connectivity index (χ4n) is 3.32. The normalized spacial score (nSPS) is 14.8. The minimum Gasteiger partial charge on any atom is -0.375 e.